The van der Waals surface area contributed by atoms with Crippen molar-refractivity contribution in [1.82, 2.24) is 5.43 Å². The third-order valence-corrected chi connectivity index (χ3v) is 1.39. The number of allylic oxidation sites excluding steroid dienone is 3. The molecule has 0 atom stereocenters. The molecule has 60 valence electrons. The van der Waals surface area contributed by atoms with E-state index in [2.05, 4.69) is 27.9 Å². The predicted octanol–water partition coefficient (Wildman–Crippen LogP) is 2.20. The third kappa shape index (κ3) is 2.98. The van der Waals surface area contributed by atoms with E-state index in [1.165, 1.54) is 0 Å². The number of nitrogens with one attached hydrogen (secondary N) is 1. The molecule has 3 heteroatoms. The van der Waals surface area contributed by atoms with Crippen LogP contribution in [0.2, 0.25) is 0 Å². The minimum atomic E-state index is 0.726. The highest BCUT2D eigenvalue weighted by Crippen LogP contribution is 2.06. The van der Waals surface area contributed by atoms with Crippen LogP contribution >= 0.6 is 0 Å². The van der Waals surface area contributed by atoms with Gasteiger partial charge in [-0.15, -0.1) is 0 Å². The summed E-state index contributed by atoms with van der Waals surface area (Å²) in [7, 11) is 0. The van der Waals surface area contributed by atoms with Crippen LogP contribution in [0.3, 0.4) is 0 Å². The van der Waals surface area contributed by atoms with Crippen LogP contribution < -0.4 is 5.43 Å². The first-order valence-corrected chi connectivity index (χ1v) is 3.92. The van der Waals surface area contributed by atoms with Gasteiger partial charge < -0.3 is 0 Å². The SMILES string of the molecule is CCN=NNC1=CCCC=C1. The van der Waals surface area contributed by atoms with Gasteiger partial charge in [0.25, 0.3) is 0 Å². The Labute approximate surface area is 66.9 Å². The van der Waals surface area contributed by atoms with Crippen molar-refractivity contribution in [3.8, 4) is 0 Å². The molecule has 0 bridgehead atoms. The van der Waals surface area contributed by atoms with Crippen molar-refractivity contribution in [1.29, 1.82) is 0 Å². The molecule has 0 aromatic heterocycles. The Morgan fingerprint density at radius 1 is 1.55 bits per heavy atom. The maximum Gasteiger partial charge on any atom is 0.0592 e. The molecule has 0 unspecified atom stereocenters. The van der Waals surface area contributed by atoms with E-state index in [9.17, 15) is 0 Å². The Kier molecular flexibility index (Phi) is 3.38. The molecule has 0 saturated heterocycles. The molecule has 1 aliphatic carbocycles. The largest absolute Gasteiger partial charge is 0.261 e. The van der Waals surface area contributed by atoms with Crippen LogP contribution in [0, 0.1) is 0 Å². The smallest absolute Gasteiger partial charge is 0.0592 e. The number of hydrogen-bond acceptors (Lipinski definition) is 2. The summed E-state index contributed by atoms with van der Waals surface area (Å²) in [5, 5.41) is 7.57. The lowest BCUT2D eigenvalue weighted by Gasteiger charge is -2.03. The lowest BCUT2D eigenvalue weighted by Crippen LogP contribution is -2.03. The molecule has 11 heavy (non-hydrogen) atoms. The van der Waals surface area contributed by atoms with Crippen molar-refractivity contribution in [2.75, 3.05) is 6.54 Å². The summed E-state index contributed by atoms with van der Waals surface area (Å²) in [6.07, 6.45) is 8.51. The summed E-state index contributed by atoms with van der Waals surface area (Å²) in [5.41, 5.74) is 3.90. The van der Waals surface area contributed by atoms with Crippen molar-refractivity contribution >= 4 is 0 Å². The lowest BCUT2D eigenvalue weighted by molar-refractivity contribution is 0.776. The Balaban J connectivity index is 2.31. The van der Waals surface area contributed by atoms with Crippen LogP contribution in [0.1, 0.15) is 19.8 Å². The molecule has 0 aromatic carbocycles. The molecule has 0 amide bonds. The van der Waals surface area contributed by atoms with Crippen LogP contribution in [0.25, 0.3) is 0 Å². The van der Waals surface area contributed by atoms with Gasteiger partial charge >= 0.3 is 0 Å². The van der Waals surface area contributed by atoms with Gasteiger partial charge in [-0.05, 0) is 25.8 Å². The van der Waals surface area contributed by atoms with Gasteiger partial charge in [0.15, 0.2) is 0 Å². The van der Waals surface area contributed by atoms with Crippen molar-refractivity contribution in [2.24, 2.45) is 10.3 Å². The number of hydrogen-bond donors (Lipinski definition) is 1. The van der Waals surface area contributed by atoms with Crippen molar-refractivity contribution in [2.45, 2.75) is 19.8 Å². The normalized spacial score (nSPS) is 17.0. The highest BCUT2D eigenvalue weighted by Gasteiger charge is 1.93. The van der Waals surface area contributed by atoms with Gasteiger partial charge in [0, 0.05) is 0 Å². The minimum Gasteiger partial charge on any atom is -0.261 e. The minimum absolute atomic E-state index is 0.726. The Hall–Kier alpha value is -1.12. The van der Waals surface area contributed by atoms with E-state index >= 15 is 0 Å². The molecular weight excluding hydrogens is 138 g/mol. The molecule has 1 rings (SSSR count). The van der Waals surface area contributed by atoms with Gasteiger partial charge in [-0.2, -0.15) is 5.11 Å². The fraction of sp³-hybridized carbons (Fsp3) is 0.500. The first kappa shape index (κ1) is 7.98. The van der Waals surface area contributed by atoms with Crippen LogP contribution in [0.15, 0.2) is 34.3 Å². The Morgan fingerprint density at radius 3 is 3.09 bits per heavy atom. The van der Waals surface area contributed by atoms with Crippen LogP contribution in [0.4, 0.5) is 0 Å². The van der Waals surface area contributed by atoms with E-state index < -0.39 is 0 Å². The zero-order valence-electron chi connectivity index (χ0n) is 6.75. The van der Waals surface area contributed by atoms with Gasteiger partial charge in [0.1, 0.15) is 0 Å². The molecule has 0 aliphatic heterocycles. The molecule has 0 saturated carbocycles. The van der Waals surface area contributed by atoms with E-state index in [1.54, 1.807) is 0 Å². The maximum atomic E-state index is 3.81. The first-order chi connectivity index (χ1) is 5.43. The van der Waals surface area contributed by atoms with Crippen molar-refractivity contribution < 1.29 is 0 Å². The maximum absolute atomic E-state index is 3.81. The second-order valence-corrected chi connectivity index (χ2v) is 2.31. The predicted molar refractivity (Wildman–Crippen MR) is 45.0 cm³/mol. The summed E-state index contributed by atoms with van der Waals surface area (Å²) in [5.74, 6) is 0. The third-order valence-electron chi connectivity index (χ3n) is 1.39. The van der Waals surface area contributed by atoms with Gasteiger partial charge in [-0.1, -0.05) is 17.4 Å². The quantitative estimate of drug-likeness (QED) is 0.487. The summed E-state index contributed by atoms with van der Waals surface area (Å²) < 4.78 is 0. The van der Waals surface area contributed by atoms with Gasteiger partial charge in [0.05, 0.1) is 12.2 Å². The molecule has 1 aliphatic rings. The molecule has 0 radical (unpaired) electrons. The average molecular weight is 151 g/mol. The molecule has 3 nitrogen and oxygen atoms in total. The van der Waals surface area contributed by atoms with E-state index in [0.29, 0.717) is 0 Å². The summed E-state index contributed by atoms with van der Waals surface area (Å²) in [4.78, 5) is 0. The standard InChI is InChI=1S/C8H13N3/c1-2-9-11-10-8-6-4-3-5-7-8/h4,6-7H,2-3,5H2,1H3,(H,9,10). The van der Waals surface area contributed by atoms with Gasteiger partial charge in [-0.25, -0.2) is 0 Å². The second kappa shape index (κ2) is 4.66. The van der Waals surface area contributed by atoms with E-state index in [0.717, 1.165) is 25.1 Å². The monoisotopic (exact) mass is 151 g/mol. The molecule has 0 fully saturated rings. The van der Waals surface area contributed by atoms with Crippen molar-refractivity contribution in [3.63, 3.8) is 0 Å². The zero-order valence-corrected chi connectivity index (χ0v) is 6.75. The zero-order chi connectivity index (χ0) is 7.94. The highest BCUT2D eigenvalue weighted by molar-refractivity contribution is 5.19. The molecule has 1 N–H and O–H groups in total. The van der Waals surface area contributed by atoms with Crippen LogP contribution in [-0.4, -0.2) is 6.54 Å². The Bertz CT molecular complexity index is 192. The molecule has 0 heterocycles. The average Bonchev–Trinajstić information content (AvgIpc) is 2.07. The number of rotatable bonds is 3. The molecule has 0 spiro atoms. The van der Waals surface area contributed by atoms with Crippen LogP contribution in [0.5, 0.6) is 0 Å². The van der Waals surface area contributed by atoms with Crippen LogP contribution in [-0.2, 0) is 0 Å². The number of nitrogens with zero attached hydrogens (tertiary/aromatic N) is 2. The van der Waals surface area contributed by atoms with E-state index in [4.69, 9.17) is 0 Å². The molecular formula is C8H13N3. The van der Waals surface area contributed by atoms with E-state index in [-0.39, 0.29) is 0 Å². The first-order valence-electron chi connectivity index (χ1n) is 3.92. The topological polar surface area (TPSA) is 36.8 Å². The summed E-state index contributed by atoms with van der Waals surface area (Å²) >= 11 is 0. The molecule has 0 aromatic rings. The highest BCUT2D eigenvalue weighted by atomic mass is 15.4. The van der Waals surface area contributed by atoms with Crippen molar-refractivity contribution in [3.05, 3.63) is 23.9 Å². The lowest BCUT2D eigenvalue weighted by atomic mass is 10.2. The van der Waals surface area contributed by atoms with Gasteiger partial charge in [0.2, 0.25) is 0 Å². The van der Waals surface area contributed by atoms with E-state index in [1.807, 2.05) is 13.0 Å². The fourth-order valence-corrected chi connectivity index (χ4v) is 0.860. The van der Waals surface area contributed by atoms with Gasteiger partial charge in [-0.3, -0.25) is 5.43 Å². The fourth-order valence-electron chi connectivity index (χ4n) is 0.860. The summed E-state index contributed by atoms with van der Waals surface area (Å²) in [6, 6.07) is 0. The second-order valence-electron chi connectivity index (χ2n) is 2.31. The Morgan fingerprint density at radius 2 is 2.45 bits per heavy atom. The summed E-state index contributed by atoms with van der Waals surface area (Å²) in [6.45, 7) is 2.68.